The third-order valence-electron chi connectivity index (χ3n) is 4.28. The molecule has 0 heterocycles. The smallest absolute Gasteiger partial charge is 0.242 e. The summed E-state index contributed by atoms with van der Waals surface area (Å²) < 4.78 is 40.4. The third-order valence-corrected chi connectivity index (χ3v) is 6.23. The van der Waals surface area contributed by atoms with Crippen molar-refractivity contribution >= 4 is 33.0 Å². The zero-order valence-corrected chi connectivity index (χ0v) is 17.9. The van der Waals surface area contributed by atoms with E-state index in [9.17, 15) is 18.0 Å². The van der Waals surface area contributed by atoms with Crippen molar-refractivity contribution in [2.75, 3.05) is 37.7 Å². The summed E-state index contributed by atoms with van der Waals surface area (Å²) in [5.74, 6) is -0.994. The Labute approximate surface area is 175 Å². The van der Waals surface area contributed by atoms with Crippen molar-refractivity contribution in [3.05, 3.63) is 42.5 Å². The van der Waals surface area contributed by atoms with E-state index in [-0.39, 0.29) is 5.69 Å². The van der Waals surface area contributed by atoms with Gasteiger partial charge in [0, 0.05) is 11.8 Å². The lowest BCUT2D eigenvalue weighted by atomic mass is 10.2. The second-order valence-electron chi connectivity index (χ2n) is 6.28. The highest BCUT2D eigenvalue weighted by Gasteiger charge is 2.31. The van der Waals surface area contributed by atoms with E-state index in [0.29, 0.717) is 22.9 Å². The minimum atomic E-state index is -4.07. The lowest BCUT2D eigenvalue weighted by molar-refractivity contribution is -0.115. The Morgan fingerprint density at radius 1 is 0.900 bits per heavy atom. The molecule has 0 aromatic heterocycles. The average Bonchev–Trinajstić information content (AvgIpc) is 2.73. The van der Waals surface area contributed by atoms with E-state index in [0.717, 1.165) is 0 Å². The molecule has 0 radical (unpaired) electrons. The monoisotopic (exact) mass is 436 g/mol. The fraction of sp³-hybridized carbons (Fsp3) is 0.300. The van der Waals surface area contributed by atoms with Crippen LogP contribution in [0.3, 0.4) is 0 Å². The molecular formula is C20H24N2O7S. The van der Waals surface area contributed by atoms with E-state index < -0.39 is 32.7 Å². The van der Waals surface area contributed by atoms with Gasteiger partial charge in [-0.1, -0.05) is 0 Å². The average molecular weight is 436 g/mol. The second-order valence-corrected chi connectivity index (χ2v) is 8.60. The van der Waals surface area contributed by atoms with Gasteiger partial charge in [0.2, 0.25) is 11.8 Å². The van der Waals surface area contributed by atoms with Crippen LogP contribution < -0.4 is 24.8 Å². The number of hydrogen-bond acceptors (Lipinski definition) is 7. The Balaban J connectivity index is 2.06. The molecule has 10 heteroatoms. The molecule has 2 rings (SSSR count). The third kappa shape index (κ3) is 5.86. The molecule has 162 valence electrons. The SMILES string of the molecule is COc1ccc(NC(=O)CS(=O)(=O)C(C)C(=O)Nc2cc(OC)ccc2OC)cc1. The molecule has 9 nitrogen and oxygen atoms in total. The summed E-state index contributed by atoms with van der Waals surface area (Å²) in [5, 5.41) is 3.53. The number of nitrogens with one attached hydrogen (secondary N) is 2. The molecule has 2 amide bonds. The summed E-state index contributed by atoms with van der Waals surface area (Å²) in [6.07, 6.45) is 0. The van der Waals surface area contributed by atoms with Crippen LogP contribution in [0.1, 0.15) is 6.92 Å². The predicted octanol–water partition coefficient (Wildman–Crippen LogP) is 2.09. The summed E-state index contributed by atoms with van der Waals surface area (Å²) in [6, 6.07) is 11.1. The Morgan fingerprint density at radius 2 is 1.50 bits per heavy atom. The molecule has 0 aliphatic heterocycles. The van der Waals surface area contributed by atoms with Crippen LogP contribution in [-0.2, 0) is 19.4 Å². The van der Waals surface area contributed by atoms with E-state index in [4.69, 9.17) is 14.2 Å². The molecule has 1 unspecified atom stereocenters. The predicted molar refractivity (Wildman–Crippen MR) is 113 cm³/mol. The van der Waals surface area contributed by atoms with Gasteiger partial charge >= 0.3 is 0 Å². The van der Waals surface area contributed by atoms with Crippen molar-refractivity contribution in [3.63, 3.8) is 0 Å². The molecular weight excluding hydrogens is 412 g/mol. The quantitative estimate of drug-likeness (QED) is 0.618. The van der Waals surface area contributed by atoms with E-state index in [2.05, 4.69) is 10.6 Å². The molecule has 2 aromatic carbocycles. The second kappa shape index (κ2) is 9.97. The maximum Gasteiger partial charge on any atom is 0.242 e. The van der Waals surface area contributed by atoms with Crippen LogP contribution in [0.25, 0.3) is 0 Å². The lowest BCUT2D eigenvalue weighted by Crippen LogP contribution is -2.37. The van der Waals surface area contributed by atoms with Gasteiger partial charge in [0.1, 0.15) is 28.3 Å². The molecule has 30 heavy (non-hydrogen) atoms. The molecule has 1 atom stereocenters. The zero-order chi connectivity index (χ0) is 22.3. The molecule has 0 spiro atoms. The first-order valence-electron chi connectivity index (χ1n) is 8.88. The minimum Gasteiger partial charge on any atom is -0.497 e. The largest absolute Gasteiger partial charge is 0.497 e. The topological polar surface area (TPSA) is 120 Å². The van der Waals surface area contributed by atoms with Crippen LogP contribution >= 0.6 is 0 Å². The van der Waals surface area contributed by atoms with Crippen LogP contribution in [0, 0.1) is 0 Å². The Hall–Kier alpha value is -3.27. The van der Waals surface area contributed by atoms with Gasteiger partial charge in [-0.3, -0.25) is 9.59 Å². The van der Waals surface area contributed by atoms with Crippen LogP contribution in [0.4, 0.5) is 11.4 Å². The summed E-state index contributed by atoms with van der Waals surface area (Å²) in [5.41, 5.74) is 0.667. The van der Waals surface area contributed by atoms with Crippen molar-refractivity contribution in [3.8, 4) is 17.2 Å². The van der Waals surface area contributed by atoms with Gasteiger partial charge in [-0.15, -0.1) is 0 Å². The normalized spacial score (nSPS) is 11.9. The van der Waals surface area contributed by atoms with Gasteiger partial charge in [0.15, 0.2) is 9.84 Å². The first kappa shape index (κ1) is 23.0. The number of amides is 2. The summed E-state index contributed by atoms with van der Waals surface area (Å²) in [4.78, 5) is 24.7. The summed E-state index contributed by atoms with van der Waals surface area (Å²) in [7, 11) is 0.318. The van der Waals surface area contributed by atoms with Gasteiger partial charge < -0.3 is 24.8 Å². The fourth-order valence-electron chi connectivity index (χ4n) is 2.49. The van der Waals surface area contributed by atoms with Gasteiger partial charge in [0.25, 0.3) is 0 Å². The highest BCUT2D eigenvalue weighted by Crippen LogP contribution is 2.29. The van der Waals surface area contributed by atoms with Crippen LogP contribution in [0.15, 0.2) is 42.5 Å². The van der Waals surface area contributed by atoms with E-state index >= 15 is 0 Å². The van der Waals surface area contributed by atoms with Crippen molar-refractivity contribution in [2.45, 2.75) is 12.2 Å². The first-order chi connectivity index (χ1) is 14.2. The number of carbonyl (C=O) groups excluding carboxylic acids is 2. The molecule has 0 aliphatic rings. The Morgan fingerprint density at radius 3 is 2.07 bits per heavy atom. The first-order valence-corrected chi connectivity index (χ1v) is 10.6. The number of hydrogen-bond donors (Lipinski definition) is 2. The minimum absolute atomic E-state index is 0.256. The highest BCUT2D eigenvalue weighted by atomic mass is 32.2. The molecule has 2 aromatic rings. The summed E-state index contributed by atoms with van der Waals surface area (Å²) in [6.45, 7) is 1.22. The lowest BCUT2D eigenvalue weighted by Gasteiger charge is -2.16. The van der Waals surface area contributed by atoms with Crippen molar-refractivity contribution in [1.29, 1.82) is 0 Å². The molecule has 0 saturated carbocycles. The maximum atomic E-state index is 12.5. The Kier molecular flexibility index (Phi) is 7.65. The van der Waals surface area contributed by atoms with Crippen LogP contribution in [-0.4, -0.2) is 52.6 Å². The number of anilines is 2. The van der Waals surface area contributed by atoms with Gasteiger partial charge in [-0.05, 0) is 43.3 Å². The molecule has 0 fully saturated rings. The van der Waals surface area contributed by atoms with Crippen LogP contribution in [0.2, 0.25) is 0 Å². The van der Waals surface area contributed by atoms with E-state index in [1.165, 1.54) is 34.3 Å². The zero-order valence-electron chi connectivity index (χ0n) is 17.1. The van der Waals surface area contributed by atoms with Crippen molar-refractivity contribution in [2.24, 2.45) is 0 Å². The molecule has 0 saturated heterocycles. The maximum absolute atomic E-state index is 12.5. The number of ether oxygens (including phenoxy) is 3. The number of sulfone groups is 1. The van der Waals surface area contributed by atoms with Gasteiger partial charge in [-0.2, -0.15) is 0 Å². The van der Waals surface area contributed by atoms with E-state index in [1.54, 1.807) is 36.4 Å². The van der Waals surface area contributed by atoms with Gasteiger partial charge in [-0.25, -0.2) is 8.42 Å². The molecule has 0 aliphatic carbocycles. The highest BCUT2D eigenvalue weighted by molar-refractivity contribution is 7.93. The number of methoxy groups -OCH3 is 3. The molecule has 0 bridgehead atoms. The number of benzene rings is 2. The van der Waals surface area contributed by atoms with Crippen molar-refractivity contribution < 1.29 is 32.2 Å². The summed E-state index contributed by atoms with van der Waals surface area (Å²) >= 11 is 0. The standard InChI is InChI=1S/C20H24N2O7S/c1-13(20(24)22-17-11-16(28-3)9-10-18(17)29-4)30(25,26)12-19(23)21-14-5-7-15(27-2)8-6-14/h5-11,13H,12H2,1-4H3,(H,21,23)(H,22,24). The van der Waals surface area contributed by atoms with Crippen LogP contribution in [0.5, 0.6) is 17.2 Å². The fourth-order valence-corrected chi connectivity index (χ4v) is 3.56. The number of carbonyl (C=O) groups is 2. The Bertz CT molecular complexity index is 1000. The van der Waals surface area contributed by atoms with Gasteiger partial charge in [0.05, 0.1) is 27.0 Å². The van der Waals surface area contributed by atoms with E-state index in [1.807, 2.05) is 0 Å². The van der Waals surface area contributed by atoms with Crippen molar-refractivity contribution in [1.82, 2.24) is 0 Å². The molecule has 2 N–H and O–H groups in total. The number of rotatable bonds is 9.